The van der Waals surface area contributed by atoms with Gasteiger partial charge < -0.3 is 10.1 Å². The van der Waals surface area contributed by atoms with Gasteiger partial charge >= 0.3 is 0 Å². The van der Waals surface area contributed by atoms with E-state index in [1.165, 1.54) is 0 Å². The fraction of sp³-hybridized carbons (Fsp3) is 0.462. The standard InChI is InChI=1S/C13H15ClN2O/c14-12-2-1-3-13(11(12)8-15)17-9-10-4-6-16-7-5-10/h1-3,10,16H,4-7,9H2. The van der Waals surface area contributed by atoms with Crippen LogP contribution in [0.5, 0.6) is 5.75 Å². The summed E-state index contributed by atoms with van der Waals surface area (Å²) in [5.41, 5.74) is 0.433. The minimum atomic E-state index is 0.433. The van der Waals surface area contributed by atoms with E-state index in [0.717, 1.165) is 25.9 Å². The number of rotatable bonds is 3. The summed E-state index contributed by atoms with van der Waals surface area (Å²) >= 11 is 5.94. The lowest BCUT2D eigenvalue weighted by Crippen LogP contribution is -2.30. The van der Waals surface area contributed by atoms with Crippen LogP contribution < -0.4 is 10.1 Å². The van der Waals surface area contributed by atoms with Gasteiger partial charge in [-0.05, 0) is 44.0 Å². The van der Waals surface area contributed by atoms with Crippen LogP contribution in [0.4, 0.5) is 0 Å². The second kappa shape index (κ2) is 5.90. The number of nitrogens with one attached hydrogen (secondary N) is 1. The highest BCUT2D eigenvalue weighted by Gasteiger charge is 2.15. The number of nitriles is 1. The van der Waals surface area contributed by atoms with Gasteiger partial charge in [-0.15, -0.1) is 0 Å². The minimum Gasteiger partial charge on any atom is -0.492 e. The van der Waals surface area contributed by atoms with Crippen molar-refractivity contribution in [3.63, 3.8) is 0 Å². The number of ether oxygens (including phenoxy) is 1. The number of nitrogens with zero attached hydrogens (tertiary/aromatic N) is 1. The molecule has 3 nitrogen and oxygen atoms in total. The first-order chi connectivity index (χ1) is 8.31. The Morgan fingerprint density at radius 2 is 2.18 bits per heavy atom. The van der Waals surface area contributed by atoms with E-state index in [2.05, 4.69) is 11.4 Å². The summed E-state index contributed by atoms with van der Waals surface area (Å²) in [6.45, 7) is 2.76. The second-order valence-corrected chi connectivity index (χ2v) is 4.64. The molecular weight excluding hydrogens is 236 g/mol. The zero-order valence-electron chi connectivity index (χ0n) is 9.58. The van der Waals surface area contributed by atoms with Crippen LogP contribution >= 0.6 is 11.6 Å². The smallest absolute Gasteiger partial charge is 0.138 e. The lowest BCUT2D eigenvalue weighted by Gasteiger charge is -2.22. The Bertz CT molecular complexity index is 422. The molecule has 1 N–H and O–H groups in total. The summed E-state index contributed by atoms with van der Waals surface area (Å²) < 4.78 is 5.71. The Labute approximate surface area is 106 Å². The molecule has 0 atom stereocenters. The molecule has 1 saturated heterocycles. The van der Waals surface area contributed by atoms with Gasteiger partial charge in [-0.2, -0.15) is 5.26 Å². The zero-order valence-corrected chi connectivity index (χ0v) is 10.3. The molecule has 1 heterocycles. The van der Waals surface area contributed by atoms with Crippen molar-refractivity contribution in [1.82, 2.24) is 5.32 Å². The van der Waals surface area contributed by atoms with E-state index in [1.807, 2.05) is 0 Å². The molecule has 1 aromatic carbocycles. The van der Waals surface area contributed by atoms with Crippen LogP contribution in [0.25, 0.3) is 0 Å². The van der Waals surface area contributed by atoms with Crippen molar-refractivity contribution in [2.24, 2.45) is 5.92 Å². The van der Waals surface area contributed by atoms with Crippen LogP contribution in [0.3, 0.4) is 0 Å². The van der Waals surface area contributed by atoms with E-state index < -0.39 is 0 Å². The first kappa shape index (κ1) is 12.2. The Hall–Kier alpha value is -1.24. The van der Waals surface area contributed by atoms with Crippen LogP contribution in [-0.4, -0.2) is 19.7 Å². The summed E-state index contributed by atoms with van der Waals surface area (Å²) in [6.07, 6.45) is 2.25. The molecule has 0 bridgehead atoms. The maximum atomic E-state index is 9.01. The first-order valence-electron chi connectivity index (χ1n) is 5.83. The SMILES string of the molecule is N#Cc1c(Cl)cccc1OCC1CCNCC1. The molecule has 1 fully saturated rings. The molecule has 2 rings (SSSR count). The van der Waals surface area contributed by atoms with Gasteiger partial charge in [0.15, 0.2) is 0 Å². The Morgan fingerprint density at radius 1 is 1.41 bits per heavy atom. The maximum Gasteiger partial charge on any atom is 0.138 e. The predicted molar refractivity (Wildman–Crippen MR) is 67.3 cm³/mol. The van der Waals surface area contributed by atoms with Gasteiger partial charge in [0, 0.05) is 0 Å². The third kappa shape index (κ3) is 3.12. The molecule has 0 radical (unpaired) electrons. The molecular formula is C13H15ClN2O. The summed E-state index contributed by atoms with van der Waals surface area (Å²) in [7, 11) is 0. The molecule has 1 aliphatic rings. The highest BCUT2D eigenvalue weighted by molar-refractivity contribution is 6.31. The van der Waals surface area contributed by atoms with E-state index in [1.54, 1.807) is 18.2 Å². The fourth-order valence-electron chi connectivity index (χ4n) is 1.99. The van der Waals surface area contributed by atoms with Crippen LogP contribution in [0.2, 0.25) is 5.02 Å². The number of hydrogen-bond acceptors (Lipinski definition) is 3. The minimum absolute atomic E-state index is 0.433. The highest BCUT2D eigenvalue weighted by atomic mass is 35.5. The number of piperidine rings is 1. The lowest BCUT2D eigenvalue weighted by atomic mass is 9.99. The van der Waals surface area contributed by atoms with Gasteiger partial charge in [0.05, 0.1) is 11.6 Å². The van der Waals surface area contributed by atoms with Crippen LogP contribution in [-0.2, 0) is 0 Å². The van der Waals surface area contributed by atoms with Crippen molar-refractivity contribution in [3.8, 4) is 11.8 Å². The van der Waals surface area contributed by atoms with Crippen LogP contribution in [0.1, 0.15) is 18.4 Å². The number of halogens is 1. The fourth-order valence-corrected chi connectivity index (χ4v) is 2.20. The van der Waals surface area contributed by atoms with E-state index in [9.17, 15) is 0 Å². The van der Waals surface area contributed by atoms with E-state index >= 15 is 0 Å². The lowest BCUT2D eigenvalue weighted by molar-refractivity contribution is 0.215. The predicted octanol–water partition coefficient (Wildman–Crippen LogP) is 2.59. The van der Waals surface area contributed by atoms with E-state index in [-0.39, 0.29) is 0 Å². The van der Waals surface area contributed by atoms with Crippen molar-refractivity contribution in [1.29, 1.82) is 5.26 Å². The topological polar surface area (TPSA) is 45.0 Å². The summed E-state index contributed by atoms with van der Waals surface area (Å²) in [5, 5.41) is 12.8. The van der Waals surface area contributed by atoms with Crippen molar-refractivity contribution in [2.75, 3.05) is 19.7 Å². The molecule has 1 aromatic rings. The zero-order chi connectivity index (χ0) is 12.1. The average Bonchev–Trinajstić information content (AvgIpc) is 2.37. The van der Waals surface area contributed by atoms with Crippen LogP contribution in [0, 0.1) is 17.2 Å². The maximum absolute atomic E-state index is 9.01. The largest absolute Gasteiger partial charge is 0.492 e. The third-order valence-corrected chi connectivity index (χ3v) is 3.34. The van der Waals surface area contributed by atoms with E-state index in [0.29, 0.717) is 28.9 Å². The van der Waals surface area contributed by atoms with Gasteiger partial charge in [-0.1, -0.05) is 17.7 Å². The molecule has 17 heavy (non-hydrogen) atoms. The van der Waals surface area contributed by atoms with Crippen molar-refractivity contribution in [2.45, 2.75) is 12.8 Å². The highest BCUT2D eigenvalue weighted by Crippen LogP contribution is 2.26. The van der Waals surface area contributed by atoms with Gasteiger partial charge in [-0.25, -0.2) is 0 Å². The molecule has 0 aliphatic carbocycles. The number of hydrogen-bond donors (Lipinski definition) is 1. The Kier molecular flexibility index (Phi) is 4.24. The third-order valence-electron chi connectivity index (χ3n) is 3.02. The van der Waals surface area contributed by atoms with Crippen molar-refractivity contribution < 1.29 is 4.74 Å². The van der Waals surface area contributed by atoms with Gasteiger partial charge in [-0.3, -0.25) is 0 Å². The molecule has 90 valence electrons. The number of benzene rings is 1. The van der Waals surface area contributed by atoms with Gasteiger partial charge in [0.25, 0.3) is 0 Å². The first-order valence-corrected chi connectivity index (χ1v) is 6.21. The molecule has 0 unspecified atom stereocenters. The molecule has 0 aromatic heterocycles. The Morgan fingerprint density at radius 3 is 2.88 bits per heavy atom. The summed E-state index contributed by atoms with van der Waals surface area (Å²) in [4.78, 5) is 0. The monoisotopic (exact) mass is 250 g/mol. The molecule has 0 amide bonds. The van der Waals surface area contributed by atoms with Crippen molar-refractivity contribution >= 4 is 11.6 Å². The van der Waals surface area contributed by atoms with Gasteiger partial charge in [0.1, 0.15) is 17.4 Å². The second-order valence-electron chi connectivity index (χ2n) is 4.23. The average molecular weight is 251 g/mol. The quantitative estimate of drug-likeness (QED) is 0.897. The molecule has 0 saturated carbocycles. The Balaban J connectivity index is 1.99. The molecule has 4 heteroatoms. The van der Waals surface area contributed by atoms with Gasteiger partial charge in [0.2, 0.25) is 0 Å². The molecule has 1 aliphatic heterocycles. The van der Waals surface area contributed by atoms with Crippen molar-refractivity contribution in [3.05, 3.63) is 28.8 Å². The van der Waals surface area contributed by atoms with Crippen LogP contribution in [0.15, 0.2) is 18.2 Å². The summed E-state index contributed by atoms with van der Waals surface area (Å²) in [6, 6.07) is 7.39. The van der Waals surface area contributed by atoms with E-state index in [4.69, 9.17) is 21.6 Å². The normalized spacial score (nSPS) is 16.5. The molecule has 0 spiro atoms. The summed E-state index contributed by atoms with van der Waals surface area (Å²) in [5.74, 6) is 1.17.